The number of hydrogen-bond acceptors (Lipinski definition) is 10. The third-order valence-corrected chi connectivity index (χ3v) is 13.6. The first kappa shape index (κ1) is 40.9. The summed E-state index contributed by atoms with van der Waals surface area (Å²) in [4.78, 5) is 42.8. The maximum atomic E-state index is 14.5. The van der Waals surface area contributed by atoms with Gasteiger partial charge >= 0.3 is 17.6 Å². The number of ether oxygens (including phenoxy) is 6. The van der Waals surface area contributed by atoms with Crippen molar-refractivity contribution in [2.24, 2.45) is 0 Å². The number of aromatic nitrogens is 1. The molecule has 2 aliphatic carbocycles. The normalized spacial score (nSPS) is 12.6. The largest absolute Gasteiger partial charge is 0.493 e. The number of benzene rings is 7. The Balaban J connectivity index is 1.01. The molecule has 3 aliphatic rings. The highest BCUT2D eigenvalue weighted by Crippen LogP contribution is 2.51. The van der Waals surface area contributed by atoms with Crippen molar-refractivity contribution in [1.29, 1.82) is 0 Å². The SMILES string of the molecule is COc1cc2c(cc1OC)-c1c(-c3ccc(OC(=O)c4cccc5c4-c4ccccc4C5)c(OC)c3)c3c4cc(OC)c(OC(=O)c5cccc6c5-c5ccccc5C6)cc4oc(=O)c3n1CC2. The van der Waals surface area contributed by atoms with Gasteiger partial charge in [-0.15, -0.1) is 0 Å². The van der Waals surface area contributed by atoms with Crippen LogP contribution in [0.2, 0.25) is 0 Å². The first-order chi connectivity index (χ1) is 33.3. The highest BCUT2D eigenvalue weighted by atomic mass is 16.6. The molecule has 0 bridgehead atoms. The Kier molecular flexibility index (Phi) is 9.51. The van der Waals surface area contributed by atoms with Gasteiger partial charge in [0.1, 0.15) is 11.1 Å². The topological polar surface area (TPSA) is 125 Å². The summed E-state index contributed by atoms with van der Waals surface area (Å²) in [5.74, 6) is 0.876. The van der Waals surface area contributed by atoms with Gasteiger partial charge in [-0.3, -0.25) is 0 Å². The molecule has 68 heavy (non-hydrogen) atoms. The molecule has 0 saturated carbocycles. The van der Waals surface area contributed by atoms with Gasteiger partial charge < -0.3 is 37.4 Å². The van der Waals surface area contributed by atoms with Crippen LogP contribution in [0.15, 0.2) is 137 Å². The van der Waals surface area contributed by atoms with Crippen LogP contribution in [0.4, 0.5) is 0 Å². The summed E-state index contributed by atoms with van der Waals surface area (Å²) >= 11 is 0. The fraction of sp³-hybridized carbons (Fsp3) is 0.140. The summed E-state index contributed by atoms with van der Waals surface area (Å²) in [6.07, 6.45) is 2.03. The number of methoxy groups -OCH3 is 4. The maximum Gasteiger partial charge on any atom is 0.361 e. The van der Waals surface area contributed by atoms with E-state index in [-0.39, 0.29) is 22.8 Å². The van der Waals surface area contributed by atoms with Crippen molar-refractivity contribution in [2.45, 2.75) is 25.8 Å². The lowest BCUT2D eigenvalue weighted by Crippen LogP contribution is -2.15. The number of nitrogens with zero attached hydrogens (tertiary/aromatic N) is 1. The molecule has 0 fully saturated rings. The Hall–Kier alpha value is -8.57. The lowest BCUT2D eigenvalue weighted by Gasteiger charge is -2.23. The maximum absolute atomic E-state index is 14.5. The van der Waals surface area contributed by atoms with Gasteiger partial charge in [0.15, 0.2) is 34.5 Å². The molecule has 0 spiro atoms. The summed E-state index contributed by atoms with van der Waals surface area (Å²) in [5, 5.41) is 1.12. The van der Waals surface area contributed by atoms with E-state index in [1.807, 2.05) is 89.5 Å². The highest BCUT2D eigenvalue weighted by molar-refractivity contribution is 6.17. The molecule has 334 valence electrons. The second-order valence-electron chi connectivity index (χ2n) is 17.1. The Labute approximate surface area is 389 Å². The van der Waals surface area contributed by atoms with Crippen molar-refractivity contribution >= 4 is 33.8 Å². The van der Waals surface area contributed by atoms with Gasteiger partial charge in [0.2, 0.25) is 0 Å². The van der Waals surface area contributed by atoms with Crippen molar-refractivity contribution < 1.29 is 42.4 Å². The second-order valence-corrected chi connectivity index (χ2v) is 17.1. The molecule has 0 unspecified atom stereocenters. The van der Waals surface area contributed by atoms with Crippen LogP contribution in [-0.2, 0) is 25.8 Å². The number of hydrogen-bond donors (Lipinski definition) is 0. The molecule has 0 amide bonds. The monoisotopic (exact) mass is 899 g/mol. The number of esters is 2. The summed E-state index contributed by atoms with van der Waals surface area (Å²) < 4.78 is 43.9. The number of carbonyl (C=O) groups is 2. The van der Waals surface area contributed by atoms with Gasteiger partial charge in [0, 0.05) is 45.6 Å². The predicted octanol–water partition coefficient (Wildman–Crippen LogP) is 11.3. The third-order valence-electron chi connectivity index (χ3n) is 13.6. The van der Waals surface area contributed by atoms with Gasteiger partial charge in [0.25, 0.3) is 0 Å². The van der Waals surface area contributed by atoms with E-state index in [1.54, 1.807) is 38.5 Å². The molecule has 12 rings (SSSR count). The van der Waals surface area contributed by atoms with Gasteiger partial charge in [-0.2, -0.15) is 0 Å². The molecular formula is C57H41NO10. The van der Waals surface area contributed by atoms with Crippen LogP contribution in [0.3, 0.4) is 0 Å². The van der Waals surface area contributed by atoms with E-state index in [2.05, 4.69) is 12.1 Å². The molecule has 7 aromatic carbocycles. The Morgan fingerprint density at radius 1 is 0.515 bits per heavy atom. The van der Waals surface area contributed by atoms with Crippen molar-refractivity contribution in [3.63, 3.8) is 0 Å². The molecule has 0 saturated heterocycles. The first-order valence-corrected chi connectivity index (χ1v) is 22.3. The number of fused-ring (bicyclic) bond motifs is 13. The number of rotatable bonds is 9. The smallest absolute Gasteiger partial charge is 0.361 e. The van der Waals surface area contributed by atoms with Gasteiger partial charge in [0.05, 0.1) is 45.3 Å². The molecule has 0 atom stereocenters. The van der Waals surface area contributed by atoms with Crippen LogP contribution in [0.5, 0.6) is 34.5 Å². The third kappa shape index (κ3) is 6.22. The quantitative estimate of drug-likeness (QED) is 0.0785. The lowest BCUT2D eigenvalue weighted by molar-refractivity contribution is 0.0721. The van der Waals surface area contributed by atoms with Crippen molar-refractivity contribution in [3.05, 3.63) is 177 Å². The first-order valence-electron chi connectivity index (χ1n) is 22.3. The molecule has 0 radical (unpaired) electrons. The van der Waals surface area contributed by atoms with Crippen molar-refractivity contribution in [3.8, 4) is 79.1 Å². The number of aryl methyl sites for hydroxylation is 2. The van der Waals surface area contributed by atoms with E-state index in [0.29, 0.717) is 75.2 Å². The molecule has 3 heterocycles. The van der Waals surface area contributed by atoms with E-state index < -0.39 is 17.6 Å². The predicted molar refractivity (Wildman–Crippen MR) is 258 cm³/mol. The summed E-state index contributed by atoms with van der Waals surface area (Å²) in [7, 11) is 6.20. The van der Waals surface area contributed by atoms with E-state index in [0.717, 1.165) is 67.7 Å². The molecule has 9 aromatic rings. The van der Waals surface area contributed by atoms with Crippen molar-refractivity contribution in [1.82, 2.24) is 4.57 Å². The molecular weight excluding hydrogens is 859 g/mol. The van der Waals surface area contributed by atoms with Crippen LogP contribution in [0.25, 0.3) is 66.5 Å². The van der Waals surface area contributed by atoms with Crippen LogP contribution in [0, 0.1) is 0 Å². The second kappa shape index (κ2) is 15.8. The zero-order valence-corrected chi connectivity index (χ0v) is 37.5. The van der Waals surface area contributed by atoms with Gasteiger partial charge in [-0.1, -0.05) is 78.9 Å². The fourth-order valence-corrected chi connectivity index (χ4v) is 10.6. The number of carbonyl (C=O) groups excluding carboxylic acids is 2. The van der Waals surface area contributed by atoms with Gasteiger partial charge in [-0.05, 0) is 106 Å². The average molecular weight is 900 g/mol. The van der Waals surface area contributed by atoms with Crippen LogP contribution in [0.1, 0.15) is 48.5 Å². The molecule has 11 nitrogen and oxygen atoms in total. The van der Waals surface area contributed by atoms with Crippen LogP contribution >= 0.6 is 0 Å². The van der Waals surface area contributed by atoms with Crippen molar-refractivity contribution in [2.75, 3.05) is 28.4 Å². The Morgan fingerprint density at radius 3 is 1.71 bits per heavy atom. The Morgan fingerprint density at radius 2 is 1.07 bits per heavy atom. The molecule has 0 N–H and O–H groups in total. The minimum atomic E-state index is -0.585. The average Bonchev–Trinajstić information content (AvgIpc) is 4.06. The molecule has 11 heteroatoms. The molecule has 2 aromatic heterocycles. The minimum absolute atomic E-state index is 0.0875. The van der Waals surface area contributed by atoms with E-state index in [4.69, 9.17) is 32.8 Å². The fourth-order valence-electron chi connectivity index (χ4n) is 10.6. The lowest BCUT2D eigenvalue weighted by atomic mass is 9.91. The van der Waals surface area contributed by atoms with E-state index in [1.165, 1.54) is 20.3 Å². The highest BCUT2D eigenvalue weighted by Gasteiger charge is 2.33. The molecule has 1 aliphatic heterocycles. The zero-order chi connectivity index (χ0) is 46.4. The standard InChI is InChI=1S/C57H41NO10/c1-62-44-26-35(19-20-42(44)66-55(59)38-17-9-13-33-23-30-11-5-7-15-36(30)49(33)38)51-52-41-28-47(65-4)48(68-56(60)39-18-10-14-34-24-31-12-6-8-16-37(31)50(34)39)29-43(41)67-57(61)54(52)58-22-21-32-25-45(63-2)46(64-3)27-40(32)53(51)58/h5-20,25-29H,21-24H2,1-4H3. The summed E-state index contributed by atoms with van der Waals surface area (Å²) in [6, 6.07) is 40.0. The Bertz CT molecular complexity index is 3710. The summed E-state index contributed by atoms with van der Waals surface area (Å²) in [5.41, 5.74) is 12.8. The zero-order valence-electron chi connectivity index (χ0n) is 37.5. The van der Waals surface area contributed by atoms with E-state index in [9.17, 15) is 14.4 Å². The van der Waals surface area contributed by atoms with Crippen LogP contribution < -0.4 is 34.0 Å². The minimum Gasteiger partial charge on any atom is -0.493 e. The summed E-state index contributed by atoms with van der Waals surface area (Å²) in [6.45, 7) is 0.444. The van der Waals surface area contributed by atoms with Crippen LogP contribution in [-0.4, -0.2) is 44.9 Å². The van der Waals surface area contributed by atoms with E-state index >= 15 is 0 Å². The van der Waals surface area contributed by atoms with Gasteiger partial charge in [-0.25, -0.2) is 14.4 Å².